The predicted molar refractivity (Wildman–Crippen MR) is 58.8 cm³/mol. The van der Waals surface area contributed by atoms with Crippen molar-refractivity contribution in [3.05, 3.63) is 23.8 Å². The van der Waals surface area contributed by atoms with Crippen molar-refractivity contribution in [1.82, 2.24) is 5.32 Å². The normalized spacial score (nSPS) is 16.3. The maximum absolute atomic E-state index is 9.54. The van der Waals surface area contributed by atoms with Crippen molar-refractivity contribution in [1.29, 1.82) is 0 Å². The molecule has 1 aliphatic carbocycles. The van der Waals surface area contributed by atoms with Gasteiger partial charge in [0.05, 0.1) is 0 Å². The number of aromatic hydroxyl groups is 2. The maximum Gasteiger partial charge on any atom is 0.161 e. The minimum Gasteiger partial charge on any atom is -0.504 e. The summed E-state index contributed by atoms with van der Waals surface area (Å²) in [7, 11) is 0. The van der Waals surface area contributed by atoms with E-state index in [4.69, 9.17) is 0 Å². The second-order valence-electron chi connectivity index (χ2n) is 4.21. The van der Waals surface area contributed by atoms with Gasteiger partial charge in [-0.2, -0.15) is 0 Å². The molecule has 1 saturated carbocycles. The first-order valence-corrected chi connectivity index (χ1v) is 5.48. The van der Waals surface area contributed by atoms with Gasteiger partial charge in [0.2, 0.25) is 0 Å². The minimum absolute atomic E-state index is 0.00129. The molecule has 1 aromatic carbocycles. The number of benzene rings is 1. The van der Waals surface area contributed by atoms with Crippen LogP contribution in [0.3, 0.4) is 0 Å². The SMILES string of the molecule is Oc1cccc(CNCC2CCC2)c1O. The fourth-order valence-corrected chi connectivity index (χ4v) is 1.83. The van der Waals surface area contributed by atoms with Gasteiger partial charge in [0, 0.05) is 12.1 Å². The molecular formula is C12H17NO2. The summed E-state index contributed by atoms with van der Waals surface area (Å²) in [4.78, 5) is 0. The lowest BCUT2D eigenvalue weighted by Gasteiger charge is -2.25. The molecule has 0 spiro atoms. The number of hydrogen-bond acceptors (Lipinski definition) is 3. The van der Waals surface area contributed by atoms with E-state index in [0.29, 0.717) is 6.54 Å². The molecule has 1 fully saturated rings. The highest BCUT2D eigenvalue weighted by molar-refractivity contribution is 5.44. The highest BCUT2D eigenvalue weighted by Gasteiger charge is 2.16. The van der Waals surface area contributed by atoms with Gasteiger partial charge in [-0.15, -0.1) is 0 Å². The Hall–Kier alpha value is -1.22. The van der Waals surface area contributed by atoms with Crippen LogP contribution in [0.1, 0.15) is 24.8 Å². The molecule has 82 valence electrons. The first-order valence-electron chi connectivity index (χ1n) is 5.48. The number of nitrogens with one attached hydrogen (secondary N) is 1. The van der Waals surface area contributed by atoms with Crippen LogP contribution in [-0.2, 0) is 6.54 Å². The first-order chi connectivity index (χ1) is 7.27. The van der Waals surface area contributed by atoms with Gasteiger partial charge >= 0.3 is 0 Å². The van der Waals surface area contributed by atoms with Crippen LogP contribution < -0.4 is 5.32 Å². The van der Waals surface area contributed by atoms with E-state index in [2.05, 4.69) is 5.32 Å². The van der Waals surface area contributed by atoms with Crippen LogP contribution in [0.5, 0.6) is 11.5 Å². The molecule has 15 heavy (non-hydrogen) atoms. The topological polar surface area (TPSA) is 52.5 Å². The summed E-state index contributed by atoms with van der Waals surface area (Å²) in [6, 6.07) is 5.06. The highest BCUT2D eigenvalue weighted by Crippen LogP contribution is 2.28. The summed E-state index contributed by atoms with van der Waals surface area (Å²) in [5.41, 5.74) is 0.759. The molecule has 0 saturated heterocycles. The lowest BCUT2D eigenvalue weighted by Crippen LogP contribution is -2.26. The molecule has 0 bridgehead atoms. The molecule has 1 aromatic rings. The molecule has 0 amide bonds. The van der Waals surface area contributed by atoms with Crippen molar-refractivity contribution >= 4 is 0 Å². The fourth-order valence-electron chi connectivity index (χ4n) is 1.83. The molecule has 3 N–H and O–H groups in total. The molecule has 0 radical (unpaired) electrons. The number of para-hydroxylation sites is 1. The van der Waals surface area contributed by atoms with Crippen LogP contribution in [0.15, 0.2) is 18.2 Å². The number of rotatable bonds is 4. The largest absolute Gasteiger partial charge is 0.504 e. The Morgan fingerprint density at radius 1 is 1.27 bits per heavy atom. The van der Waals surface area contributed by atoms with E-state index in [0.717, 1.165) is 18.0 Å². The van der Waals surface area contributed by atoms with Crippen LogP contribution in [-0.4, -0.2) is 16.8 Å². The predicted octanol–water partition coefficient (Wildman–Crippen LogP) is 1.99. The number of hydrogen-bond donors (Lipinski definition) is 3. The van der Waals surface area contributed by atoms with Crippen LogP contribution in [0.4, 0.5) is 0 Å². The van der Waals surface area contributed by atoms with Crippen molar-refractivity contribution < 1.29 is 10.2 Å². The summed E-state index contributed by atoms with van der Waals surface area (Å²) < 4.78 is 0. The van der Waals surface area contributed by atoms with Gasteiger partial charge in [0.15, 0.2) is 11.5 Å². The van der Waals surface area contributed by atoms with Crippen LogP contribution >= 0.6 is 0 Å². The first kappa shape index (κ1) is 10.3. The summed E-state index contributed by atoms with van der Waals surface area (Å²) in [6.45, 7) is 1.63. The highest BCUT2D eigenvalue weighted by atomic mass is 16.3. The zero-order valence-electron chi connectivity index (χ0n) is 8.74. The second-order valence-corrected chi connectivity index (χ2v) is 4.21. The molecule has 0 aromatic heterocycles. The van der Waals surface area contributed by atoms with Crippen molar-refractivity contribution in [3.8, 4) is 11.5 Å². The molecule has 3 nitrogen and oxygen atoms in total. The second kappa shape index (κ2) is 4.53. The zero-order valence-corrected chi connectivity index (χ0v) is 8.74. The quantitative estimate of drug-likeness (QED) is 0.662. The van der Waals surface area contributed by atoms with Crippen molar-refractivity contribution in [3.63, 3.8) is 0 Å². The Morgan fingerprint density at radius 3 is 2.73 bits per heavy atom. The number of phenols is 2. The molecule has 0 atom stereocenters. The molecule has 0 unspecified atom stereocenters. The van der Waals surface area contributed by atoms with E-state index < -0.39 is 0 Å². The smallest absolute Gasteiger partial charge is 0.161 e. The van der Waals surface area contributed by atoms with Crippen molar-refractivity contribution in [2.75, 3.05) is 6.54 Å². The minimum atomic E-state index is -0.0436. The summed E-state index contributed by atoms with van der Waals surface area (Å²) >= 11 is 0. The molecule has 1 aliphatic rings. The standard InChI is InChI=1S/C12H17NO2/c14-11-6-2-5-10(12(11)15)8-13-7-9-3-1-4-9/h2,5-6,9,13-15H,1,3-4,7-8H2. The van der Waals surface area contributed by atoms with E-state index in [1.807, 2.05) is 6.07 Å². The van der Waals surface area contributed by atoms with Crippen molar-refractivity contribution in [2.24, 2.45) is 5.92 Å². The van der Waals surface area contributed by atoms with Gasteiger partial charge < -0.3 is 15.5 Å². The van der Waals surface area contributed by atoms with Gasteiger partial charge in [0.25, 0.3) is 0 Å². The molecule has 2 rings (SSSR count). The van der Waals surface area contributed by atoms with E-state index in [-0.39, 0.29) is 11.5 Å². The van der Waals surface area contributed by atoms with Gasteiger partial charge in [-0.3, -0.25) is 0 Å². The zero-order chi connectivity index (χ0) is 10.7. The van der Waals surface area contributed by atoms with E-state index in [1.165, 1.54) is 25.3 Å². The van der Waals surface area contributed by atoms with Gasteiger partial charge in [-0.1, -0.05) is 18.6 Å². The number of phenolic OH excluding ortho intramolecular Hbond substituents is 2. The average Bonchev–Trinajstić information content (AvgIpc) is 2.16. The lowest BCUT2D eigenvalue weighted by atomic mass is 9.85. The third kappa shape index (κ3) is 2.42. The van der Waals surface area contributed by atoms with Crippen LogP contribution in [0.25, 0.3) is 0 Å². The van der Waals surface area contributed by atoms with E-state index >= 15 is 0 Å². The summed E-state index contributed by atoms with van der Waals surface area (Å²) in [5.74, 6) is 0.765. The Bertz CT molecular complexity index is 334. The summed E-state index contributed by atoms with van der Waals surface area (Å²) in [5, 5.41) is 22.1. The van der Waals surface area contributed by atoms with Crippen LogP contribution in [0.2, 0.25) is 0 Å². The van der Waals surface area contributed by atoms with Gasteiger partial charge in [-0.05, 0) is 31.4 Å². The van der Waals surface area contributed by atoms with Crippen molar-refractivity contribution in [2.45, 2.75) is 25.8 Å². The molecule has 0 aliphatic heterocycles. The van der Waals surface area contributed by atoms with E-state index in [1.54, 1.807) is 6.07 Å². The fraction of sp³-hybridized carbons (Fsp3) is 0.500. The maximum atomic E-state index is 9.54. The monoisotopic (exact) mass is 207 g/mol. The third-order valence-corrected chi connectivity index (χ3v) is 3.07. The Kier molecular flexibility index (Phi) is 3.11. The molecule has 3 heteroatoms. The molecule has 0 heterocycles. The summed E-state index contributed by atoms with van der Waals surface area (Å²) in [6.07, 6.45) is 3.99. The average molecular weight is 207 g/mol. The Balaban J connectivity index is 1.84. The molecular weight excluding hydrogens is 190 g/mol. The Morgan fingerprint density at radius 2 is 2.07 bits per heavy atom. The lowest BCUT2D eigenvalue weighted by molar-refractivity contribution is 0.300. The van der Waals surface area contributed by atoms with Gasteiger partial charge in [0.1, 0.15) is 0 Å². The Labute approximate surface area is 89.8 Å². The van der Waals surface area contributed by atoms with E-state index in [9.17, 15) is 10.2 Å². The van der Waals surface area contributed by atoms with Crippen LogP contribution in [0, 0.1) is 5.92 Å². The van der Waals surface area contributed by atoms with Gasteiger partial charge in [-0.25, -0.2) is 0 Å². The third-order valence-electron chi connectivity index (χ3n) is 3.07.